The molecule has 0 saturated heterocycles. The molecule has 0 radical (unpaired) electrons. The third-order valence-electron chi connectivity index (χ3n) is 4.10. The SMILES string of the molecule is CNCC1(C)CCSc2c1n(C)c1ccccc21. The average Bonchev–Trinajstić information content (AvgIpc) is 2.66. The van der Waals surface area contributed by atoms with Gasteiger partial charge in [-0.15, -0.1) is 11.8 Å². The van der Waals surface area contributed by atoms with Crippen molar-refractivity contribution in [1.82, 2.24) is 9.88 Å². The summed E-state index contributed by atoms with van der Waals surface area (Å²) in [5.74, 6) is 1.22. The van der Waals surface area contributed by atoms with Crippen molar-refractivity contribution in [1.29, 1.82) is 0 Å². The highest BCUT2D eigenvalue weighted by Gasteiger charge is 2.36. The summed E-state index contributed by atoms with van der Waals surface area (Å²) in [5, 5.41) is 4.79. The molecule has 0 amide bonds. The normalized spacial score (nSPS) is 23.3. The fraction of sp³-hybridized carbons (Fsp3) is 0.467. The van der Waals surface area contributed by atoms with E-state index in [4.69, 9.17) is 0 Å². The summed E-state index contributed by atoms with van der Waals surface area (Å²) in [6.07, 6.45) is 1.25. The van der Waals surface area contributed by atoms with Gasteiger partial charge in [0.1, 0.15) is 0 Å². The molecule has 0 fully saturated rings. The number of para-hydroxylation sites is 1. The number of likely N-dealkylation sites (N-methyl/N-ethyl adjacent to an activating group) is 1. The number of thioether (sulfide) groups is 1. The molecule has 3 rings (SSSR count). The molecule has 18 heavy (non-hydrogen) atoms. The first-order valence-electron chi connectivity index (χ1n) is 6.53. The number of hydrogen-bond donors (Lipinski definition) is 1. The second-order valence-corrected chi connectivity index (χ2v) is 6.55. The maximum atomic E-state index is 3.37. The van der Waals surface area contributed by atoms with Crippen LogP contribution < -0.4 is 5.32 Å². The Morgan fingerprint density at radius 3 is 2.94 bits per heavy atom. The summed E-state index contributed by atoms with van der Waals surface area (Å²) >= 11 is 2.02. The van der Waals surface area contributed by atoms with Crippen molar-refractivity contribution in [3.05, 3.63) is 30.0 Å². The lowest BCUT2D eigenvalue weighted by atomic mass is 9.83. The highest BCUT2D eigenvalue weighted by molar-refractivity contribution is 7.99. The molecule has 1 aromatic carbocycles. The zero-order chi connectivity index (χ0) is 12.8. The third-order valence-corrected chi connectivity index (χ3v) is 5.21. The molecule has 3 heteroatoms. The van der Waals surface area contributed by atoms with Gasteiger partial charge in [0.25, 0.3) is 0 Å². The molecule has 1 aliphatic heterocycles. The van der Waals surface area contributed by atoms with Gasteiger partial charge in [0.2, 0.25) is 0 Å². The van der Waals surface area contributed by atoms with E-state index in [2.05, 4.69) is 55.2 Å². The monoisotopic (exact) mass is 260 g/mol. The summed E-state index contributed by atoms with van der Waals surface area (Å²) in [7, 11) is 4.26. The van der Waals surface area contributed by atoms with Gasteiger partial charge in [-0.05, 0) is 25.3 Å². The predicted molar refractivity (Wildman–Crippen MR) is 79.5 cm³/mol. The minimum atomic E-state index is 0.253. The molecule has 0 aliphatic carbocycles. The number of fused-ring (bicyclic) bond motifs is 3. The van der Waals surface area contributed by atoms with Crippen molar-refractivity contribution < 1.29 is 0 Å². The van der Waals surface area contributed by atoms with Crippen molar-refractivity contribution in [2.24, 2.45) is 7.05 Å². The van der Waals surface area contributed by atoms with Gasteiger partial charge in [-0.3, -0.25) is 0 Å². The molecule has 1 aromatic heterocycles. The van der Waals surface area contributed by atoms with Gasteiger partial charge in [-0.1, -0.05) is 25.1 Å². The zero-order valence-electron chi connectivity index (χ0n) is 11.3. The predicted octanol–water partition coefficient (Wildman–Crippen LogP) is 3.15. The van der Waals surface area contributed by atoms with E-state index in [1.54, 1.807) is 0 Å². The van der Waals surface area contributed by atoms with Crippen LogP contribution in [0, 0.1) is 0 Å². The molecule has 1 unspecified atom stereocenters. The minimum Gasteiger partial charge on any atom is -0.346 e. The molecule has 2 aromatic rings. The summed E-state index contributed by atoms with van der Waals surface area (Å²) in [5.41, 5.74) is 3.12. The molecule has 1 N–H and O–H groups in total. The Morgan fingerprint density at radius 1 is 1.39 bits per heavy atom. The number of rotatable bonds is 2. The lowest BCUT2D eigenvalue weighted by molar-refractivity contribution is 0.402. The fourth-order valence-electron chi connectivity index (χ4n) is 3.24. The van der Waals surface area contributed by atoms with Gasteiger partial charge < -0.3 is 9.88 Å². The molecular weight excluding hydrogens is 240 g/mol. The Hall–Kier alpha value is -0.930. The summed E-state index contributed by atoms with van der Waals surface area (Å²) in [4.78, 5) is 1.50. The number of hydrogen-bond acceptors (Lipinski definition) is 2. The van der Waals surface area contributed by atoms with Crippen LogP contribution in [0.2, 0.25) is 0 Å². The number of aromatic nitrogens is 1. The van der Waals surface area contributed by atoms with E-state index < -0.39 is 0 Å². The van der Waals surface area contributed by atoms with Crippen molar-refractivity contribution in [3.8, 4) is 0 Å². The molecule has 1 aliphatic rings. The summed E-state index contributed by atoms with van der Waals surface area (Å²) < 4.78 is 2.40. The van der Waals surface area contributed by atoms with E-state index in [1.165, 1.54) is 33.7 Å². The zero-order valence-corrected chi connectivity index (χ0v) is 12.1. The van der Waals surface area contributed by atoms with Gasteiger partial charge in [-0.2, -0.15) is 0 Å². The van der Waals surface area contributed by atoms with Crippen LogP contribution in [0.3, 0.4) is 0 Å². The Balaban J connectivity index is 2.29. The second kappa shape index (κ2) is 4.32. The first kappa shape index (κ1) is 12.1. The Kier molecular flexibility index (Phi) is 2.91. The molecule has 0 bridgehead atoms. The lowest BCUT2D eigenvalue weighted by Gasteiger charge is -2.34. The number of nitrogens with one attached hydrogen (secondary N) is 1. The highest BCUT2D eigenvalue weighted by atomic mass is 32.2. The second-order valence-electron chi connectivity index (χ2n) is 5.44. The van der Waals surface area contributed by atoms with E-state index in [0.29, 0.717) is 0 Å². The van der Waals surface area contributed by atoms with Crippen LogP contribution in [0.4, 0.5) is 0 Å². The van der Waals surface area contributed by atoms with Crippen LogP contribution in [0.1, 0.15) is 19.0 Å². The number of aryl methyl sites for hydroxylation is 1. The highest BCUT2D eigenvalue weighted by Crippen LogP contribution is 2.46. The third kappa shape index (κ3) is 1.61. The van der Waals surface area contributed by atoms with E-state index in [0.717, 1.165) is 6.54 Å². The topological polar surface area (TPSA) is 17.0 Å². The molecule has 2 nitrogen and oxygen atoms in total. The van der Waals surface area contributed by atoms with Crippen molar-refractivity contribution >= 4 is 22.7 Å². The maximum absolute atomic E-state index is 3.37. The van der Waals surface area contributed by atoms with Crippen LogP contribution >= 0.6 is 11.8 Å². The van der Waals surface area contributed by atoms with Crippen LogP contribution in [0.5, 0.6) is 0 Å². The van der Waals surface area contributed by atoms with Crippen molar-refractivity contribution in [2.45, 2.75) is 23.7 Å². The minimum absolute atomic E-state index is 0.253. The Labute approximate surface area is 113 Å². The van der Waals surface area contributed by atoms with Crippen molar-refractivity contribution in [2.75, 3.05) is 19.3 Å². The smallest absolute Gasteiger partial charge is 0.0491 e. The van der Waals surface area contributed by atoms with E-state index in [-0.39, 0.29) is 5.41 Å². The largest absolute Gasteiger partial charge is 0.346 e. The maximum Gasteiger partial charge on any atom is 0.0491 e. The number of benzene rings is 1. The van der Waals surface area contributed by atoms with Crippen LogP contribution in [-0.2, 0) is 12.5 Å². The lowest BCUT2D eigenvalue weighted by Crippen LogP contribution is -2.38. The van der Waals surface area contributed by atoms with Crippen LogP contribution in [-0.4, -0.2) is 23.9 Å². The molecule has 0 spiro atoms. The Bertz CT molecular complexity index is 587. The van der Waals surface area contributed by atoms with Gasteiger partial charge in [0.15, 0.2) is 0 Å². The molecule has 2 heterocycles. The van der Waals surface area contributed by atoms with Crippen LogP contribution in [0.25, 0.3) is 10.9 Å². The average molecular weight is 260 g/mol. The van der Waals surface area contributed by atoms with Gasteiger partial charge in [-0.25, -0.2) is 0 Å². The van der Waals surface area contributed by atoms with Gasteiger partial charge >= 0.3 is 0 Å². The van der Waals surface area contributed by atoms with E-state index in [1.807, 2.05) is 11.8 Å². The van der Waals surface area contributed by atoms with Crippen molar-refractivity contribution in [3.63, 3.8) is 0 Å². The first-order chi connectivity index (χ1) is 8.67. The molecule has 0 saturated carbocycles. The first-order valence-corrected chi connectivity index (χ1v) is 7.51. The molecule has 1 atom stereocenters. The van der Waals surface area contributed by atoms with E-state index >= 15 is 0 Å². The van der Waals surface area contributed by atoms with Gasteiger partial charge in [0.05, 0.1) is 0 Å². The standard InChI is InChI=1S/C15H20N2S/c1-15(10-16-2)8-9-18-13-11-6-4-5-7-12(11)17(3)14(13)15/h4-7,16H,8-10H2,1-3H3. The number of nitrogens with zero attached hydrogens (tertiary/aromatic N) is 1. The molecular formula is C15H20N2S. The fourth-order valence-corrected chi connectivity index (χ4v) is 4.85. The molecule has 96 valence electrons. The summed E-state index contributed by atoms with van der Waals surface area (Å²) in [6, 6.07) is 8.77. The Morgan fingerprint density at radius 2 is 2.17 bits per heavy atom. The van der Waals surface area contributed by atoms with Crippen LogP contribution in [0.15, 0.2) is 29.2 Å². The van der Waals surface area contributed by atoms with Gasteiger partial charge in [0, 0.05) is 40.5 Å². The quantitative estimate of drug-likeness (QED) is 0.893. The van der Waals surface area contributed by atoms with E-state index in [9.17, 15) is 0 Å². The summed E-state index contributed by atoms with van der Waals surface area (Å²) in [6.45, 7) is 3.44.